The zero-order chi connectivity index (χ0) is 20.4. The molecule has 0 bridgehead atoms. The molecule has 2 aromatic rings. The molecule has 1 fully saturated rings. The summed E-state index contributed by atoms with van der Waals surface area (Å²) in [7, 11) is -8.74. The molecule has 0 aliphatic carbocycles. The maximum atomic E-state index is 13.3. The first-order chi connectivity index (χ1) is 13.2. The van der Waals surface area contributed by atoms with Crippen LogP contribution < -0.4 is 11.1 Å². The van der Waals surface area contributed by atoms with Crippen molar-refractivity contribution in [1.29, 1.82) is 0 Å². The SMILES string of the molecule is NC(=O)S(=O)(=O)c1ccccc1S(=O)(=O)[CH]C1(c2ccccc2)CCNCC1. The van der Waals surface area contributed by atoms with Crippen molar-refractivity contribution in [3.8, 4) is 0 Å². The van der Waals surface area contributed by atoms with Crippen LogP contribution in [0.4, 0.5) is 4.79 Å². The number of carbonyl (C=O) groups is 1. The van der Waals surface area contributed by atoms with E-state index in [9.17, 15) is 21.6 Å². The monoisotopic (exact) mass is 421 g/mol. The van der Waals surface area contributed by atoms with Gasteiger partial charge in [-0.25, -0.2) is 16.8 Å². The lowest BCUT2D eigenvalue weighted by Gasteiger charge is -2.37. The van der Waals surface area contributed by atoms with E-state index in [0.717, 1.165) is 11.6 Å². The Bertz CT molecular complexity index is 1070. The van der Waals surface area contributed by atoms with Crippen LogP contribution in [-0.2, 0) is 25.1 Å². The molecule has 3 N–H and O–H groups in total. The number of carbonyl (C=O) groups excluding carboxylic acids is 1. The summed E-state index contributed by atoms with van der Waals surface area (Å²) < 4.78 is 51.1. The summed E-state index contributed by atoms with van der Waals surface area (Å²) in [6.07, 6.45) is 1.09. The van der Waals surface area contributed by atoms with E-state index in [-0.39, 0.29) is 0 Å². The minimum absolute atomic E-state index is 0.442. The van der Waals surface area contributed by atoms with Gasteiger partial charge in [0.05, 0.1) is 15.5 Å². The van der Waals surface area contributed by atoms with E-state index in [1.165, 1.54) is 24.0 Å². The molecule has 0 aromatic heterocycles. The normalized spacial score (nSPS) is 17.1. The van der Waals surface area contributed by atoms with Crippen LogP contribution in [0.25, 0.3) is 0 Å². The van der Waals surface area contributed by atoms with Gasteiger partial charge < -0.3 is 11.1 Å². The highest BCUT2D eigenvalue weighted by atomic mass is 32.2. The van der Waals surface area contributed by atoms with Crippen LogP contribution in [0.2, 0.25) is 0 Å². The first-order valence-corrected chi connectivity index (χ1v) is 11.7. The Hall–Kier alpha value is -2.23. The first kappa shape index (κ1) is 20.5. The zero-order valence-electron chi connectivity index (χ0n) is 15.0. The van der Waals surface area contributed by atoms with E-state index in [1.807, 2.05) is 30.3 Å². The molecule has 7 nitrogen and oxygen atoms in total. The van der Waals surface area contributed by atoms with E-state index in [0.29, 0.717) is 25.9 Å². The minimum atomic E-state index is -4.59. The average Bonchev–Trinajstić information content (AvgIpc) is 2.69. The maximum Gasteiger partial charge on any atom is 0.338 e. The number of benzene rings is 2. The second-order valence-corrected chi connectivity index (χ2v) is 10.3. The van der Waals surface area contributed by atoms with Crippen molar-refractivity contribution in [2.45, 2.75) is 28.0 Å². The van der Waals surface area contributed by atoms with Gasteiger partial charge in [0.25, 0.3) is 9.84 Å². The van der Waals surface area contributed by atoms with E-state index >= 15 is 0 Å². The molecule has 2 aromatic carbocycles. The molecular weight excluding hydrogens is 400 g/mol. The lowest BCUT2D eigenvalue weighted by molar-refractivity contribution is 0.265. The smallest absolute Gasteiger partial charge is 0.338 e. The molecule has 1 aliphatic heterocycles. The predicted octanol–water partition coefficient (Wildman–Crippen LogP) is 1.80. The highest BCUT2D eigenvalue weighted by Crippen LogP contribution is 2.40. The summed E-state index contributed by atoms with van der Waals surface area (Å²) in [5, 5.41) is 1.63. The Morgan fingerprint density at radius 2 is 1.43 bits per heavy atom. The highest BCUT2D eigenvalue weighted by molar-refractivity contribution is 8.06. The Morgan fingerprint density at radius 1 is 0.893 bits per heavy atom. The molecule has 1 saturated heterocycles. The van der Waals surface area contributed by atoms with Gasteiger partial charge in [-0.1, -0.05) is 42.5 Å². The highest BCUT2D eigenvalue weighted by Gasteiger charge is 2.41. The number of hydrogen-bond acceptors (Lipinski definition) is 6. The lowest BCUT2D eigenvalue weighted by Crippen LogP contribution is -2.42. The number of nitrogens with two attached hydrogens (primary N) is 1. The molecule has 0 saturated carbocycles. The Morgan fingerprint density at radius 3 is 2.00 bits per heavy atom. The number of hydrogen-bond donors (Lipinski definition) is 2. The van der Waals surface area contributed by atoms with Crippen LogP contribution in [0, 0.1) is 5.75 Å². The molecule has 0 spiro atoms. The maximum absolute atomic E-state index is 13.3. The zero-order valence-corrected chi connectivity index (χ0v) is 16.7. The molecule has 1 amide bonds. The quantitative estimate of drug-likeness (QED) is 0.759. The third-order valence-corrected chi connectivity index (χ3v) is 8.26. The van der Waals surface area contributed by atoms with Gasteiger partial charge in [-0.15, -0.1) is 0 Å². The molecule has 149 valence electrons. The van der Waals surface area contributed by atoms with E-state index in [4.69, 9.17) is 5.73 Å². The molecule has 3 rings (SSSR count). The lowest BCUT2D eigenvalue weighted by atomic mass is 9.75. The average molecular weight is 422 g/mol. The van der Waals surface area contributed by atoms with Crippen molar-refractivity contribution in [1.82, 2.24) is 5.32 Å². The van der Waals surface area contributed by atoms with E-state index in [2.05, 4.69) is 5.32 Å². The largest absolute Gasteiger partial charge is 0.356 e. The number of sulfone groups is 2. The fourth-order valence-electron chi connectivity index (χ4n) is 3.49. The van der Waals surface area contributed by atoms with Crippen molar-refractivity contribution < 1.29 is 21.6 Å². The van der Waals surface area contributed by atoms with Crippen molar-refractivity contribution in [2.24, 2.45) is 5.73 Å². The van der Waals surface area contributed by atoms with Gasteiger partial charge in [-0.05, 0) is 43.6 Å². The molecule has 1 heterocycles. The summed E-state index contributed by atoms with van der Waals surface area (Å²) in [5.74, 6) is 1.23. The van der Waals surface area contributed by atoms with E-state index in [1.54, 1.807) is 0 Å². The summed E-state index contributed by atoms with van der Waals surface area (Å²) in [4.78, 5) is 10.4. The minimum Gasteiger partial charge on any atom is -0.356 e. The Kier molecular flexibility index (Phi) is 5.60. The number of primary amides is 1. The number of rotatable bonds is 5. The molecule has 28 heavy (non-hydrogen) atoms. The number of nitrogens with one attached hydrogen (secondary N) is 1. The van der Waals surface area contributed by atoms with Gasteiger partial charge in [-0.3, -0.25) is 4.79 Å². The van der Waals surface area contributed by atoms with Crippen molar-refractivity contribution in [3.05, 3.63) is 65.9 Å². The molecule has 9 heteroatoms. The summed E-state index contributed by atoms with van der Waals surface area (Å²) >= 11 is 0. The van der Waals surface area contributed by atoms with Gasteiger partial charge in [0.1, 0.15) is 0 Å². The molecule has 0 atom stereocenters. The fraction of sp³-hybridized carbons (Fsp3) is 0.263. The molecule has 0 unspecified atom stereocenters. The van der Waals surface area contributed by atoms with Crippen molar-refractivity contribution in [3.63, 3.8) is 0 Å². The van der Waals surface area contributed by atoms with Crippen LogP contribution in [0.5, 0.6) is 0 Å². The molecule has 1 radical (unpaired) electrons. The Labute approximate surface area is 164 Å². The fourth-order valence-corrected chi connectivity index (χ4v) is 6.69. The van der Waals surface area contributed by atoms with Gasteiger partial charge in [-0.2, -0.15) is 0 Å². The van der Waals surface area contributed by atoms with Crippen LogP contribution in [-0.4, -0.2) is 35.2 Å². The van der Waals surface area contributed by atoms with E-state index < -0.39 is 40.1 Å². The second kappa shape index (κ2) is 7.65. The van der Waals surface area contributed by atoms with Crippen LogP contribution in [0.3, 0.4) is 0 Å². The van der Waals surface area contributed by atoms with Gasteiger partial charge >= 0.3 is 5.24 Å². The Balaban J connectivity index is 2.10. The molecular formula is C19H21N2O5S2. The second-order valence-electron chi connectivity index (χ2n) is 6.70. The number of piperidine rings is 1. The molecule has 1 aliphatic rings. The van der Waals surface area contributed by atoms with Crippen LogP contribution in [0.1, 0.15) is 18.4 Å². The summed E-state index contributed by atoms with van der Waals surface area (Å²) in [6.45, 7) is 1.25. The van der Waals surface area contributed by atoms with Crippen LogP contribution in [0.15, 0.2) is 64.4 Å². The standard InChI is InChI=1S/C19H21N2O5S2/c20-18(22)28(25,26)17-9-5-4-8-16(17)27(23,24)14-19(10-12-21-13-11-19)15-6-2-1-3-7-15/h1-9,14,21H,10-13H2,(H2,20,22). The van der Waals surface area contributed by atoms with Gasteiger partial charge in [0, 0.05) is 5.41 Å². The van der Waals surface area contributed by atoms with Crippen molar-refractivity contribution in [2.75, 3.05) is 13.1 Å². The third kappa shape index (κ3) is 3.82. The number of amides is 1. The first-order valence-electron chi connectivity index (χ1n) is 8.70. The summed E-state index contributed by atoms with van der Waals surface area (Å²) in [6, 6.07) is 14.3. The topological polar surface area (TPSA) is 123 Å². The van der Waals surface area contributed by atoms with Gasteiger partial charge in [0.15, 0.2) is 9.84 Å². The third-order valence-electron chi connectivity index (χ3n) is 4.94. The van der Waals surface area contributed by atoms with Crippen LogP contribution >= 0.6 is 0 Å². The summed E-state index contributed by atoms with van der Waals surface area (Å²) in [5.41, 5.74) is 5.05. The van der Waals surface area contributed by atoms with Gasteiger partial charge in [0.2, 0.25) is 0 Å². The predicted molar refractivity (Wildman–Crippen MR) is 105 cm³/mol. The van der Waals surface area contributed by atoms with Crippen molar-refractivity contribution >= 4 is 24.9 Å².